The molecular formula is C14H18F2N2O. The number of nitrogens with one attached hydrogen (secondary N) is 1. The number of piperidine rings is 1. The van der Waals surface area contributed by atoms with Crippen LogP contribution >= 0.6 is 0 Å². The average Bonchev–Trinajstić information content (AvgIpc) is 2.39. The lowest BCUT2D eigenvalue weighted by molar-refractivity contribution is -0.0349. The van der Waals surface area contributed by atoms with Crippen LogP contribution in [0.4, 0.5) is 8.78 Å². The second kappa shape index (κ2) is 5.04. The lowest BCUT2D eigenvalue weighted by atomic mass is 9.62. The van der Waals surface area contributed by atoms with E-state index in [0.717, 1.165) is 25.9 Å². The Bertz CT molecular complexity index is 422. The fourth-order valence-electron chi connectivity index (χ4n) is 3.14. The summed E-state index contributed by atoms with van der Waals surface area (Å²) in [6.45, 7) is 2.19. The third kappa shape index (κ3) is 2.71. The molecule has 1 aliphatic carbocycles. The summed E-state index contributed by atoms with van der Waals surface area (Å²) < 4.78 is 30.5. The number of aromatic nitrogens is 1. The summed E-state index contributed by atoms with van der Waals surface area (Å²) in [5, 5.41) is 3.37. The van der Waals surface area contributed by atoms with Crippen LogP contribution in [0, 0.1) is 5.41 Å². The molecule has 0 unspecified atom stereocenters. The molecule has 0 radical (unpaired) electrons. The second-order valence-electron chi connectivity index (χ2n) is 5.62. The van der Waals surface area contributed by atoms with Gasteiger partial charge in [-0.3, -0.25) is 4.98 Å². The number of halogens is 2. The smallest absolute Gasteiger partial charge is 0.280 e. The van der Waals surface area contributed by atoms with E-state index >= 15 is 0 Å². The van der Waals surface area contributed by atoms with Crippen molar-refractivity contribution in [2.45, 2.75) is 38.2 Å². The molecule has 1 saturated heterocycles. The quantitative estimate of drug-likeness (QED) is 0.915. The van der Waals surface area contributed by atoms with Gasteiger partial charge < -0.3 is 10.1 Å². The van der Waals surface area contributed by atoms with Gasteiger partial charge >= 0.3 is 0 Å². The largest absolute Gasteiger partial charge is 0.489 e. The normalized spacial score (nSPS) is 22.5. The lowest BCUT2D eigenvalue weighted by Crippen LogP contribution is -2.49. The standard InChI is InChI=1S/C14H18F2N2O/c15-13(16)12-2-1-10(9-18-12)19-11-7-14(8-11)3-5-17-6-4-14/h1-2,9,11,13,17H,3-8H2. The van der Waals surface area contributed by atoms with Crippen LogP contribution in [0.5, 0.6) is 5.75 Å². The minimum Gasteiger partial charge on any atom is -0.489 e. The average molecular weight is 268 g/mol. The summed E-state index contributed by atoms with van der Waals surface area (Å²) in [6, 6.07) is 2.92. The highest BCUT2D eigenvalue weighted by molar-refractivity contribution is 5.21. The van der Waals surface area contributed by atoms with E-state index in [1.54, 1.807) is 6.07 Å². The molecule has 1 aliphatic heterocycles. The molecule has 104 valence electrons. The Balaban J connectivity index is 1.53. The van der Waals surface area contributed by atoms with E-state index in [0.29, 0.717) is 11.2 Å². The molecule has 0 amide bonds. The minimum atomic E-state index is -2.52. The lowest BCUT2D eigenvalue weighted by Gasteiger charge is -2.49. The molecule has 2 heterocycles. The molecule has 0 aromatic carbocycles. The fourth-order valence-corrected chi connectivity index (χ4v) is 3.14. The van der Waals surface area contributed by atoms with Gasteiger partial charge in [-0.15, -0.1) is 0 Å². The van der Waals surface area contributed by atoms with Crippen LogP contribution in [0.25, 0.3) is 0 Å². The van der Waals surface area contributed by atoms with Crippen molar-refractivity contribution in [3.05, 3.63) is 24.0 Å². The Hall–Kier alpha value is -1.23. The van der Waals surface area contributed by atoms with Gasteiger partial charge in [0.25, 0.3) is 6.43 Å². The van der Waals surface area contributed by atoms with Crippen LogP contribution in [-0.2, 0) is 0 Å². The van der Waals surface area contributed by atoms with Gasteiger partial charge in [0, 0.05) is 0 Å². The Morgan fingerprint density at radius 2 is 2.00 bits per heavy atom. The number of ether oxygens (including phenoxy) is 1. The first kappa shape index (κ1) is 12.8. The van der Waals surface area contributed by atoms with Crippen LogP contribution in [0.15, 0.2) is 18.3 Å². The molecule has 2 fully saturated rings. The first-order valence-corrected chi connectivity index (χ1v) is 6.78. The van der Waals surface area contributed by atoms with E-state index < -0.39 is 6.43 Å². The van der Waals surface area contributed by atoms with Crippen molar-refractivity contribution in [3.8, 4) is 5.75 Å². The molecule has 0 atom stereocenters. The van der Waals surface area contributed by atoms with Crippen molar-refractivity contribution >= 4 is 0 Å². The van der Waals surface area contributed by atoms with E-state index in [1.807, 2.05) is 0 Å². The topological polar surface area (TPSA) is 34.1 Å². The third-order valence-corrected chi connectivity index (χ3v) is 4.27. The Kier molecular flexibility index (Phi) is 3.39. The zero-order valence-electron chi connectivity index (χ0n) is 10.7. The van der Waals surface area contributed by atoms with E-state index in [9.17, 15) is 8.78 Å². The maximum Gasteiger partial charge on any atom is 0.280 e. The second-order valence-corrected chi connectivity index (χ2v) is 5.62. The van der Waals surface area contributed by atoms with Crippen LogP contribution in [0.2, 0.25) is 0 Å². The molecule has 5 heteroatoms. The summed E-state index contributed by atoms with van der Waals surface area (Å²) in [5.74, 6) is 0.596. The van der Waals surface area contributed by atoms with Crippen molar-refractivity contribution < 1.29 is 13.5 Å². The van der Waals surface area contributed by atoms with Gasteiger partial charge in [-0.2, -0.15) is 0 Å². The molecule has 1 N–H and O–H groups in total. The summed E-state index contributed by atoms with van der Waals surface area (Å²) >= 11 is 0. The highest BCUT2D eigenvalue weighted by Gasteiger charge is 2.45. The van der Waals surface area contributed by atoms with Gasteiger partial charge in [0.1, 0.15) is 11.4 Å². The molecule has 2 aliphatic rings. The Morgan fingerprint density at radius 1 is 1.26 bits per heavy atom. The van der Waals surface area contributed by atoms with Gasteiger partial charge in [-0.1, -0.05) is 0 Å². The molecule has 1 saturated carbocycles. The highest BCUT2D eigenvalue weighted by atomic mass is 19.3. The van der Waals surface area contributed by atoms with Gasteiger partial charge in [0.15, 0.2) is 0 Å². The molecule has 1 aromatic rings. The number of nitrogens with zero attached hydrogens (tertiary/aromatic N) is 1. The number of hydrogen-bond acceptors (Lipinski definition) is 3. The predicted molar refractivity (Wildman–Crippen MR) is 67.4 cm³/mol. The first-order valence-electron chi connectivity index (χ1n) is 6.78. The fraction of sp³-hybridized carbons (Fsp3) is 0.643. The Labute approximate surface area is 111 Å². The molecule has 3 nitrogen and oxygen atoms in total. The molecule has 1 spiro atoms. The maximum atomic E-state index is 12.4. The number of hydrogen-bond donors (Lipinski definition) is 1. The van der Waals surface area contributed by atoms with Gasteiger partial charge in [-0.05, 0) is 56.3 Å². The maximum absolute atomic E-state index is 12.4. The van der Waals surface area contributed by atoms with Crippen LogP contribution < -0.4 is 10.1 Å². The van der Waals surface area contributed by atoms with Crippen molar-refractivity contribution in [3.63, 3.8) is 0 Å². The zero-order valence-corrected chi connectivity index (χ0v) is 10.7. The van der Waals surface area contributed by atoms with E-state index in [4.69, 9.17) is 4.74 Å². The summed E-state index contributed by atoms with van der Waals surface area (Å²) in [5.41, 5.74) is 0.266. The molecule has 1 aromatic heterocycles. The molecule has 19 heavy (non-hydrogen) atoms. The molecule has 0 bridgehead atoms. The van der Waals surface area contributed by atoms with E-state index in [1.165, 1.54) is 25.1 Å². The monoisotopic (exact) mass is 268 g/mol. The molecule has 3 rings (SSSR count). The van der Waals surface area contributed by atoms with Gasteiger partial charge in [0.2, 0.25) is 0 Å². The van der Waals surface area contributed by atoms with E-state index in [-0.39, 0.29) is 11.8 Å². The van der Waals surface area contributed by atoms with Crippen molar-refractivity contribution in [1.29, 1.82) is 0 Å². The van der Waals surface area contributed by atoms with Gasteiger partial charge in [0.05, 0.1) is 12.3 Å². The Morgan fingerprint density at radius 3 is 2.58 bits per heavy atom. The number of pyridine rings is 1. The highest BCUT2D eigenvalue weighted by Crippen LogP contribution is 2.49. The van der Waals surface area contributed by atoms with Crippen molar-refractivity contribution in [1.82, 2.24) is 10.3 Å². The first-order chi connectivity index (χ1) is 9.17. The SMILES string of the molecule is FC(F)c1ccc(OC2CC3(CCNCC3)C2)cn1. The summed E-state index contributed by atoms with van der Waals surface area (Å²) in [7, 11) is 0. The molecular weight excluding hydrogens is 250 g/mol. The summed E-state index contributed by atoms with van der Waals surface area (Å²) in [6.07, 6.45) is 3.68. The predicted octanol–water partition coefficient (Wildman–Crippen LogP) is 2.93. The number of alkyl halides is 2. The van der Waals surface area contributed by atoms with Crippen molar-refractivity contribution in [2.24, 2.45) is 5.41 Å². The third-order valence-electron chi connectivity index (χ3n) is 4.27. The van der Waals surface area contributed by atoms with Crippen LogP contribution in [0.1, 0.15) is 37.8 Å². The zero-order chi connectivity index (χ0) is 13.3. The van der Waals surface area contributed by atoms with Gasteiger partial charge in [-0.25, -0.2) is 8.78 Å². The minimum absolute atomic E-state index is 0.198. The van der Waals surface area contributed by atoms with Crippen molar-refractivity contribution in [2.75, 3.05) is 13.1 Å². The summed E-state index contributed by atoms with van der Waals surface area (Å²) in [4.78, 5) is 3.71. The van der Waals surface area contributed by atoms with E-state index in [2.05, 4.69) is 10.3 Å². The van der Waals surface area contributed by atoms with Crippen LogP contribution in [-0.4, -0.2) is 24.2 Å². The van der Waals surface area contributed by atoms with Crippen LogP contribution in [0.3, 0.4) is 0 Å². The number of rotatable bonds is 3.